The molecule has 3 aliphatic rings. The Labute approximate surface area is 101 Å². The van der Waals surface area contributed by atoms with Crippen LogP contribution >= 0.6 is 11.8 Å². The van der Waals surface area contributed by atoms with Crippen molar-refractivity contribution in [1.82, 2.24) is 0 Å². The van der Waals surface area contributed by atoms with Gasteiger partial charge in [0.05, 0.1) is 10.2 Å². The number of hydrogen-bond acceptors (Lipinski definition) is 4. The summed E-state index contributed by atoms with van der Waals surface area (Å²) in [6.45, 7) is 0. The maximum Gasteiger partial charge on any atom is 0.266 e. The van der Waals surface area contributed by atoms with Gasteiger partial charge in [0.1, 0.15) is 0 Å². The molecule has 3 rings (SSSR count). The highest BCUT2D eigenvalue weighted by atomic mass is 32.2. The number of nitro groups is 1. The summed E-state index contributed by atoms with van der Waals surface area (Å²) in [5.74, 6) is -0.0184. The van der Waals surface area contributed by atoms with Crippen LogP contribution in [0, 0.1) is 10.1 Å². The molecule has 1 heterocycles. The van der Waals surface area contributed by atoms with Crippen LogP contribution in [0.4, 0.5) is 0 Å². The van der Waals surface area contributed by atoms with Crippen LogP contribution in [0.5, 0.6) is 0 Å². The second-order valence-corrected chi connectivity index (χ2v) is 4.99. The Bertz CT molecular complexity index is 593. The minimum absolute atomic E-state index is 0.0184. The van der Waals surface area contributed by atoms with Crippen molar-refractivity contribution < 1.29 is 9.72 Å². The number of ketones is 1. The summed E-state index contributed by atoms with van der Waals surface area (Å²) >= 11 is 1.49. The van der Waals surface area contributed by atoms with E-state index < -0.39 is 4.92 Å². The molecule has 0 radical (unpaired) electrons. The lowest BCUT2D eigenvalue weighted by Gasteiger charge is -2.09. The van der Waals surface area contributed by atoms with Gasteiger partial charge in [0, 0.05) is 22.6 Å². The quantitative estimate of drug-likeness (QED) is 0.524. The first-order valence-corrected chi connectivity index (χ1v) is 5.93. The fraction of sp³-hybridized carbons (Fsp3) is 0.0833. The van der Waals surface area contributed by atoms with Crippen LogP contribution in [0.1, 0.15) is 0 Å². The van der Waals surface area contributed by atoms with Crippen molar-refractivity contribution in [2.45, 2.75) is 5.25 Å². The third kappa shape index (κ3) is 1.51. The lowest BCUT2D eigenvalue weighted by atomic mass is 9.95. The molecule has 0 spiro atoms. The van der Waals surface area contributed by atoms with Crippen LogP contribution in [-0.4, -0.2) is 16.0 Å². The third-order valence-electron chi connectivity index (χ3n) is 2.80. The second kappa shape index (κ2) is 3.56. The number of carbonyl (C=O) groups excluding carboxylic acids is 1. The summed E-state index contributed by atoms with van der Waals surface area (Å²) in [4.78, 5) is 22.9. The van der Waals surface area contributed by atoms with Gasteiger partial charge in [-0.05, 0) is 23.8 Å². The van der Waals surface area contributed by atoms with E-state index in [1.807, 2.05) is 6.08 Å². The first kappa shape index (κ1) is 10.3. The zero-order valence-electron chi connectivity index (χ0n) is 8.62. The summed E-state index contributed by atoms with van der Waals surface area (Å²) < 4.78 is 0. The van der Waals surface area contributed by atoms with Crippen molar-refractivity contribution in [3.8, 4) is 0 Å². The smallest absolute Gasteiger partial charge is 0.266 e. The molecule has 1 atom stereocenters. The van der Waals surface area contributed by atoms with Crippen molar-refractivity contribution in [1.29, 1.82) is 0 Å². The maximum absolute atomic E-state index is 11.8. The normalized spacial score (nSPS) is 25.4. The molecule has 0 aromatic heterocycles. The highest BCUT2D eigenvalue weighted by Crippen LogP contribution is 2.46. The molecular weight excluding hydrogens is 238 g/mol. The van der Waals surface area contributed by atoms with Crippen LogP contribution in [0.3, 0.4) is 0 Å². The number of nitrogens with zero attached hydrogens (tertiary/aromatic N) is 1. The molecule has 0 aromatic rings. The SMILES string of the molecule is O=C1C=CC=C2SC3C=C([N+](=O)[O-])C=CC3=C12. The molecule has 0 bridgehead atoms. The Kier molecular flexibility index (Phi) is 2.16. The van der Waals surface area contributed by atoms with Gasteiger partial charge in [0.15, 0.2) is 5.78 Å². The van der Waals surface area contributed by atoms with Crippen molar-refractivity contribution >= 4 is 17.5 Å². The van der Waals surface area contributed by atoms with Gasteiger partial charge in [0.2, 0.25) is 0 Å². The molecule has 17 heavy (non-hydrogen) atoms. The summed E-state index contributed by atoms with van der Waals surface area (Å²) in [7, 11) is 0. The minimum Gasteiger partial charge on any atom is -0.289 e. The van der Waals surface area contributed by atoms with E-state index >= 15 is 0 Å². The number of allylic oxidation sites excluding steroid dienone is 6. The molecule has 5 heteroatoms. The van der Waals surface area contributed by atoms with Crippen molar-refractivity contribution in [3.05, 3.63) is 68.3 Å². The van der Waals surface area contributed by atoms with E-state index in [4.69, 9.17) is 0 Å². The number of hydrogen-bond donors (Lipinski definition) is 0. The first-order chi connectivity index (χ1) is 8.16. The number of rotatable bonds is 1. The van der Waals surface area contributed by atoms with E-state index in [0.717, 1.165) is 10.5 Å². The van der Waals surface area contributed by atoms with Gasteiger partial charge in [-0.2, -0.15) is 0 Å². The summed E-state index contributed by atoms with van der Waals surface area (Å²) in [5, 5.41) is 10.6. The molecule has 4 nitrogen and oxygen atoms in total. The van der Waals surface area contributed by atoms with Crippen LogP contribution in [0.15, 0.2) is 58.2 Å². The van der Waals surface area contributed by atoms with Crippen LogP contribution in [0.25, 0.3) is 0 Å². The first-order valence-electron chi connectivity index (χ1n) is 5.05. The zero-order chi connectivity index (χ0) is 12.0. The van der Waals surface area contributed by atoms with E-state index in [1.165, 1.54) is 23.9 Å². The topological polar surface area (TPSA) is 60.2 Å². The lowest BCUT2D eigenvalue weighted by molar-refractivity contribution is -0.419. The predicted octanol–water partition coefficient (Wildman–Crippen LogP) is 2.15. The van der Waals surface area contributed by atoms with E-state index in [9.17, 15) is 14.9 Å². The Morgan fingerprint density at radius 2 is 2.12 bits per heavy atom. The molecule has 0 aromatic carbocycles. The van der Waals surface area contributed by atoms with Gasteiger partial charge in [-0.1, -0.05) is 6.08 Å². The maximum atomic E-state index is 11.8. The van der Waals surface area contributed by atoms with E-state index in [-0.39, 0.29) is 16.7 Å². The molecule has 1 aliphatic heterocycles. The molecule has 2 aliphatic carbocycles. The molecule has 0 saturated heterocycles. The third-order valence-corrected chi connectivity index (χ3v) is 4.04. The Morgan fingerprint density at radius 3 is 2.88 bits per heavy atom. The van der Waals surface area contributed by atoms with Gasteiger partial charge in [-0.25, -0.2) is 0 Å². The van der Waals surface area contributed by atoms with Gasteiger partial charge < -0.3 is 0 Å². The van der Waals surface area contributed by atoms with E-state index in [2.05, 4.69) is 0 Å². The summed E-state index contributed by atoms with van der Waals surface area (Å²) in [6, 6.07) is 0. The standard InChI is InChI=1S/C12H7NO3S/c14-9-2-1-3-10-12(9)8-5-4-7(13(15)16)6-11(8)17-10/h1-6,11H. The zero-order valence-corrected chi connectivity index (χ0v) is 9.44. The molecule has 1 unspecified atom stereocenters. The van der Waals surface area contributed by atoms with Crippen LogP contribution < -0.4 is 0 Å². The summed E-state index contributed by atoms with van der Waals surface area (Å²) in [6.07, 6.45) is 9.85. The van der Waals surface area contributed by atoms with E-state index in [0.29, 0.717) is 5.57 Å². The number of fused-ring (bicyclic) bond motifs is 2. The number of thioether (sulfide) groups is 1. The average molecular weight is 245 g/mol. The lowest BCUT2D eigenvalue weighted by Crippen LogP contribution is -2.09. The van der Waals surface area contributed by atoms with Gasteiger partial charge >= 0.3 is 0 Å². The Morgan fingerprint density at radius 1 is 1.29 bits per heavy atom. The fourth-order valence-corrected chi connectivity index (χ4v) is 3.34. The van der Waals surface area contributed by atoms with Crippen molar-refractivity contribution in [2.24, 2.45) is 0 Å². The molecule has 0 saturated carbocycles. The van der Waals surface area contributed by atoms with Crippen LogP contribution in [0.2, 0.25) is 0 Å². The molecule has 84 valence electrons. The fourth-order valence-electron chi connectivity index (χ4n) is 2.05. The van der Waals surface area contributed by atoms with Gasteiger partial charge in [-0.15, -0.1) is 11.8 Å². The molecule has 0 fully saturated rings. The second-order valence-electron chi connectivity index (χ2n) is 3.81. The highest BCUT2D eigenvalue weighted by molar-refractivity contribution is 8.04. The monoisotopic (exact) mass is 245 g/mol. The predicted molar refractivity (Wildman–Crippen MR) is 64.9 cm³/mol. The van der Waals surface area contributed by atoms with Crippen molar-refractivity contribution in [3.63, 3.8) is 0 Å². The summed E-state index contributed by atoms with van der Waals surface area (Å²) in [5.41, 5.74) is 1.66. The Hall–Kier alpha value is -1.88. The van der Waals surface area contributed by atoms with Gasteiger partial charge in [0.25, 0.3) is 5.70 Å². The van der Waals surface area contributed by atoms with E-state index in [1.54, 1.807) is 18.2 Å². The average Bonchev–Trinajstić information content (AvgIpc) is 2.67. The molecule has 0 amide bonds. The largest absolute Gasteiger partial charge is 0.289 e. The number of carbonyl (C=O) groups is 1. The van der Waals surface area contributed by atoms with Crippen molar-refractivity contribution in [2.75, 3.05) is 0 Å². The Balaban J connectivity index is 2.08. The molecular formula is C12H7NO3S. The highest BCUT2D eigenvalue weighted by Gasteiger charge is 2.34. The minimum atomic E-state index is -0.408. The molecule has 0 N–H and O–H groups in total. The van der Waals surface area contributed by atoms with Crippen LogP contribution in [-0.2, 0) is 4.79 Å². The van der Waals surface area contributed by atoms with Gasteiger partial charge in [-0.3, -0.25) is 14.9 Å².